The summed E-state index contributed by atoms with van der Waals surface area (Å²) in [5.41, 5.74) is 1.91. The highest BCUT2D eigenvalue weighted by Gasteiger charge is 2.26. The number of nitrogens with zero attached hydrogens (tertiary/aromatic N) is 2. The molecule has 1 aromatic carbocycles. The number of carbonyl (C=O) groups is 3. The molecular formula is C28H38N4O4. The normalized spacial score (nSPS) is 14.3. The summed E-state index contributed by atoms with van der Waals surface area (Å²) in [5, 5.41) is 5.57. The zero-order chi connectivity index (χ0) is 26.1. The van der Waals surface area contributed by atoms with Crippen LogP contribution in [0, 0.1) is 5.92 Å². The lowest BCUT2D eigenvalue weighted by Gasteiger charge is -2.33. The molecule has 0 atom stereocenters. The molecule has 194 valence electrons. The van der Waals surface area contributed by atoms with E-state index in [1.807, 2.05) is 51.1 Å². The van der Waals surface area contributed by atoms with E-state index in [-0.39, 0.29) is 23.6 Å². The topological polar surface area (TPSA) is 101 Å². The number of likely N-dealkylation sites (tertiary alicyclic amines) is 1. The van der Waals surface area contributed by atoms with Gasteiger partial charge in [-0.3, -0.25) is 9.59 Å². The number of ether oxygens (including phenoxy) is 1. The third kappa shape index (κ3) is 8.36. The number of rotatable bonds is 8. The molecule has 1 fully saturated rings. The van der Waals surface area contributed by atoms with Gasteiger partial charge in [0.25, 0.3) is 11.8 Å². The van der Waals surface area contributed by atoms with E-state index in [2.05, 4.69) is 15.6 Å². The first-order chi connectivity index (χ1) is 17.1. The zero-order valence-corrected chi connectivity index (χ0v) is 21.8. The van der Waals surface area contributed by atoms with Crippen molar-refractivity contribution in [3.63, 3.8) is 0 Å². The predicted octanol–water partition coefficient (Wildman–Crippen LogP) is 4.19. The molecule has 3 rings (SSSR count). The molecule has 2 N–H and O–H groups in total. The van der Waals surface area contributed by atoms with E-state index in [4.69, 9.17) is 4.74 Å². The maximum atomic E-state index is 12.9. The SMILES string of the molecule is CNC(=O)c1cc(C(=O)NCCCC2CCN(C(=O)OC(C)(C)C)CC2)cc(Cc2ccccc2)n1. The number of aromatic nitrogens is 1. The number of hydrogen-bond acceptors (Lipinski definition) is 5. The molecular weight excluding hydrogens is 456 g/mol. The Morgan fingerprint density at radius 2 is 1.75 bits per heavy atom. The molecule has 8 nitrogen and oxygen atoms in total. The highest BCUT2D eigenvalue weighted by Crippen LogP contribution is 2.23. The highest BCUT2D eigenvalue weighted by molar-refractivity contribution is 5.98. The van der Waals surface area contributed by atoms with Crippen LogP contribution in [-0.2, 0) is 11.2 Å². The molecule has 0 bridgehead atoms. The molecule has 0 spiro atoms. The lowest BCUT2D eigenvalue weighted by Crippen LogP contribution is -2.41. The Morgan fingerprint density at radius 3 is 2.39 bits per heavy atom. The second-order valence-corrected chi connectivity index (χ2v) is 10.3. The van der Waals surface area contributed by atoms with E-state index < -0.39 is 5.60 Å². The van der Waals surface area contributed by atoms with Gasteiger partial charge in [0.1, 0.15) is 11.3 Å². The van der Waals surface area contributed by atoms with E-state index in [0.29, 0.717) is 43.2 Å². The van der Waals surface area contributed by atoms with Crippen molar-refractivity contribution in [3.05, 3.63) is 65.0 Å². The molecule has 36 heavy (non-hydrogen) atoms. The van der Waals surface area contributed by atoms with Crippen LogP contribution < -0.4 is 10.6 Å². The smallest absolute Gasteiger partial charge is 0.410 e. The van der Waals surface area contributed by atoms with Crippen molar-refractivity contribution < 1.29 is 19.1 Å². The Balaban J connectivity index is 1.49. The van der Waals surface area contributed by atoms with Crippen LogP contribution in [0.25, 0.3) is 0 Å². The molecule has 8 heteroatoms. The monoisotopic (exact) mass is 494 g/mol. The number of pyridine rings is 1. The molecule has 0 radical (unpaired) electrons. The van der Waals surface area contributed by atoms with E-state index in [0.717, 1.165) is 31.2 Å². The number of hydrogen-bond donors (Lipinski definition) is 2. The van der Waals surface area contributed by atoms with E-state index >= 15 is 0 Å². The minimum absolute atomic E-state index is 0.211. The Hall–Kier alpha value is -3.42. The summed E-state index contributed by atoms with van der Waals surface area (Å²) in [6, 6.07) is 13.1. The summed E-state index contributed by atoms with van der Waals surface area (Å²) < 4.78 is 5.46. The van der Waals surface area contributed by atoms with Gasteiger partial charge in [-0.15, -0.1) is 0 Å². The van der Waals surface area contributed by atoms with Crippen LogP contribution in [0.5, 0.6) is 0 Å². The van der Waals surface area contributed by atoms with Crippen molar-refractivity contribution in [2.24, 2.45) is 5.92 Å². The minimum atomic E-state index is -0.482. The van der Waals surface area contributed by atoms with Gasteiger partial charge in [0.2, 0.25) is 0 Å². The maximum absolute atomic E-state index is 12.9. The van der Waals surface area contributed by atoms with Gasteiger partial charge in [-0.2, -0.15) is 0 Å². The van der Waals surface area contributed by atoms with Crippen LogP contribution in [-0.4, -0.2) is 60.1 Å². The molecule has 1 aliphatic heterocycles. The van der Waals surface area contributed by atoms with Gasteiger partial charge in [0.15, 0.2) is 0 Å². The lowest BCUT2D eigenvalue weighted by molar-refractivity contribution is 0.0180. The summed E-state index contributed by atoms with van der Waals surface area (Å²) in [7, 11) is 1.55. The van der Waals surface area contributed by atoms with Gasteiger partial charge in [-0.1, -0.05) is 30.3 Å². The molecule has 1 saturated heterocycles. The molecule has 2 heterocycles. The van der Waals surface area contributed by atoms with Gasteiger partial charge < -0.3 is 20.3 Å². The average Bonchev–Trinajstić information content (AvgIpc) is 2.85. The van der Waals surface area contributed by atoms with Crippen molar-refractivity contribution >= 4 is 17.9 Å². The zero-order valence-electron chi connectivity index (χ0n) is 21.8. The predicted molar refractivity (Wildman–Crippen MR) is 139 cm³/mol. The first-order valence-electron chi connectivity index (χ1n) is 12.7. The second kappa shape index (κ2) is 12.5. The lowest BCUT2D eigenvalue weighted by atomic mass is 9.92. The molecule has 0 aliphatic carbocycles. The first-order valence-corrected chi connectivity index (χ1v) is 12.7. The molecule has 1 aromatic heterocycles. The fourth-order valence-electron chi connectivity index (χ4n) is 4.28. The Morgan fingerprint density at radius 1 is 1.06 bits per heavy atom. The maximum Gasteiger partial charge on any atom is 0.410 e. The Labute approximate surface area is 213 Å². The summed E-state index contributed by atoms with van der Waals surface area (Å²) >= 11 is 0. The fraction of sp³-hybridized carbons (Fsp3) is 0.500. The van der Waals surface area contributed by atoms with Gasteiger partial charge >= 0.3 is 6.09 Å². The molecule has 1 aliphatic rings. The second-order valence-electron chi connectivity index (χ2n) is 10.3. The van der Waals surface area contributed by atoms with Gasteiger partial charge in [-0.05, 0) is 70.1 Å². The first kappa shape index (κ1) is 27.2. The van der Waals surface area contributed by atoms with E-state index in [1.165, 1.54) is 6.07 Å². The number of benzene rings is 1. The highest BCUT2D eigenvalue weighted by atomic mass is 16.6. The summed E-state index contributed by atoms with van der Waals surface area (Å²) in [4.78, 5) is 43.6. The summed E-state index contributed by atoms with van der Waals surface area (Å²) in [6.45, 7) is 7.59. The number of carbonyl (C=O) groups excluding carboxylic acids is 3. The van der Waals surface area contributed by atoms with Crippen molar-refractivity contribution in [2.75, 3.05) is 26.7 Å². The van der Waals surface area contributed by atoms with Crippen LogP contribution in [0.2, 0.25) is 0 Å². The molecule has 0 unspecified atom stereocenters. The van der Waals surface area contributed by atoms with Crippen molar-refractivity contribution in [1.29, 1.82) is 0 Å². The number of piperidine rings is 1. The third-order valence-corrected chi connectivity index (χ3v) is 6.17. The van der Waals surface area contributed by atoms with E-state index in [1.54, 1.807) is 18.0 Å². The Bertz CT molecular complexity index is 1040. The summed E-state index contributed by atoms with van der Waals surface area (Å²) in [5.74, 6) is -0.00728. The molecule has 2 aromatic rings. The standard InChI is InChI=1S/C28H38N4O4/c1-28(2,3)36-27(35)32-15-12-20(13-16-32)11-8-14-30-25(33)22-18-23(17-21-9-6-5-7-10-21)31-24(19-22)26(34)29-4/h5-7,9-10,18-20H,8,11-17H2,1-4H3,(H,29,34)(H,30,33). The Kier molecular flexibility index (Phi) is 9.44. The van der Waals surface area contributed by atoms with Crippen LogP contribution >= 0.6 is 0 Å². The van der Waals surface area contributed by atoms with Gasteiger partial charge in [-0.25, -0.2) is 9.78 Å². The molecule has 3 amide bonds. The summed E-state index contributed by atoms with van der Waals surface area (Å²) in [6.07, 6.45) is 4.02. The van der Waals surface area contributed by atoms with Crippen molar-refractivity contribution in [2.45, 2.75) is 58.5 Å². The largest absolute Gasteiger partial charge is 0.444 e. The van der Waals surface area contributed by atoms with Crippen molar-refractivity contribution in [3.8, 4) is 0 Å². The van der Waals surface area contributed by atoms with Gasteiger partial charge in [0.05, 0.1) is 0 Å². The van der Waals surface area contributed by atoms with E-state index in [9.17, 15) is 14.4 Å². The van der Waals surface area contributed by atoms with Crippen LogP contribution in [0.1, 0.15) is 78.6 Å². The van der Waals surface area contributed by atoms with Crippen LogP contribution in [0.15, 0.2) is 42.5 Å². The fourth-order valence-corrected chi connectivity index (χ4v) is 4.28. The van der Waals surface area contributed by atoms with Crippen molar-refractivity contribution in [1.82, 2.24) is 20.5 Å². The quantitative estimate of drug-likeness (QED) is 0.536. The number of nitrogens with one attached hydrogen (secondary N) is 2. The van der Waals surface area contributed by atoms with Gasteiger partial charge in [0, 0.05) is 44.4 Å². The average molecular weight is 495 g/mol. The third-order valence-electron chi connectivity index (χ3n) is 6.17. The number of amides is 3. The minimum Gasteiger partial charge on any atom is -0.444 e. The van der Waals surface area contributed by atoms with Crippen LogP contribution in [0.3, 0.4) is 0 Å². The van der Waals surface area contributed by atoms with Crippen LogP contribution in [0.4, 0.5) is 4.79 Å². The molecule has 0 saturated carbocycles.